The smallest absolute Gasteiger partial charge is 0.309 e. The van der Waals surface area contributed by atoms with Gasteiger partial charge in [-0.05, 0) is 69.6 Å². The predicted octanol–water partition coefficient (Wildman–Crippen LogP) is 4.40. The van der Waals surface area contributed by atoms with Crippen LogP contribution in [0.1, 0.15) is 77.6 Å². The molecule has 2 aliphatic carbocycles. The molecule has 0 bridgehead atoms. The standard InChI is InChI=1S/C18H30O3/c1-2-4-14-5-10-18(11-6-14,16(19)20)15-7-12-21-17(13-15)8-3-9-17/h14-15H,2-13H2,1H3,(H,19,20). The maximum absolute atomic E-state index is 12.1. The van der Waals surface area contributed by atoms with E-state index in [2.05, 4.69) is 6.92 Å². The zero-order valence-corrected chi connectivity index (χ0v) is 13.4. The van der Waals surface area contributed by atoms with Gasteiger partial charge in [0, 0.05) is 6.61 Å². The van der Waals surface area contributed by atoms with Crippen molar-refractivity contribution in [2.75, 3.05) is 6.61 Å². The van der Waals surface area contributed by atoms with Gasteiger partial charge >= 0.3 is 5.97 Å². The fourth-order valence-electron chi connectivity index (χ4n) is 5.11. The van der Waals surface area contributed by atoms with Crippen LogP contribution in [0.25, 0.3) is 0 Å². The number of carboxylic acids is 1. The third-order valence-corrected chi connectivity index (χ3v) is 6.66. The third-order valence-electron chi connectivity index (χ3n) is 6.66. The van der Waals surface area contributed by atoms with Crippen molar-refractivity contribution in [3.8, 4) is 0 Å². The summed E-state index contributed by atoms with van der Waals surface area (Å²) in [4.78, 5) is 12.1. The average Bonchev–Trinajstić information content (AvgIpc) is 2.47. The quantitative estimate of drug-likeness (QED) is 0.836. The van der Waals surface area contributed by atoms with Crippen molar-refractivity contribution < 1.29 is 14.6 Å². The Kier molecular flexibility index (Phi) is 4.31. The molecule has 2 saturated carbocycles. The number of rotatable bonds is 4. The summed E-state index contributed by atoms with van der Waals surface area (Å²) in [5, 5.41) is 9.98. The molecule has 3 heteroatoms. The molecule has 0 aromatic heterocycles. The van der Waals surface area contributed by atoms with Gasteiger partial charge in [0.2, 0.25) is 0 Å². The molecule has 0 aromatic carbocycles. The lowest BCUT2D eigenvalue weighted by Gasteiger charge is -2.52. The van der Waals surface area contributed by atoms with Crippen molar-refractivity contribution >= 4 is 5.97 Å². The summed E-state index contributed by atoms with van der Waals surface area (Å²) in [6.07, 6.45) is 12.0. The number of ether oxygens (including phenoxy) is 1. The van der Waals surface area contributed by atoms with Crippen LogP contribution in [0.4, 0.5) is 0 Å². The second-order valence-electron chi connectivity index (χ2n) is 7.77. The fraction of sp³-hybridized carbons (Fsp3) is 0.944. The minimum Gasteiger partial charge on any atom is -0.481 e. The highest BCUT2D eigenvalue weighted by Gasteiger charge is 2.53. The highest BCUT2D eigenvalue weighted by atomic mass is 16.5. The third kappa shape index (κ3) is 2.74. The second-order valence-corrected chi connectivity index (χ2v) is 7.77. The zero-order chi connectivity index (χ0) is 14.9. The van der Waals surface area contributed by atoms with Gasteiger partial charge in [-0.15, -0.1) is 0 Å². The van der Waals surface area contributed by atoms with Gasteiger partial charge in [-0.2, -0.15) is 0 Å². The Labute approximate surface area is 128 Å². The number of hydrogen-bond donors (Lipinski definition) is 1. The first-order valence-electron chi connectivity index (χ1n) is 8.98. The monoisotopic (exact) mass is 294 g/mol. The van der Waals surface area contributed by atoms with Gasteiger partial charge in [0.15, 0.2) is 0 Å². The largest absolute Gasteiger partial charge is 0.481 e. The number of hydrogen-bond acceptors (Lipinski definition) is 2. The van der Waals surface area contributed by atoms with Crippen LogP contribution in [0.5, 0.6) is 0 Å². The van der Waals surface area contributed by atoms with Crippen LogP contribution in [0, 0.1) is 17.3 Å². The highest BCUT2D eigenvalue weighted by Crippen LogP contribution is 2.54. The Morgan fingerprint density at radius 3 is 2.43 bits per heavy atom. The van der Waals surface area contributed by atoms with Crippen LogP contribution in [0.15, 0.2) is 0 Å². The molecule has 3 rings (SSSR count). The Hall–Kier alpha value is -0.570. The molecule has 21 heavy (non-hydrogen) atoms. The van der Waals surface area contributed by atoms with Crippen LogP contribution in [0.2, 0.25) is 0 Å². The molecule has 1 spiro atoms. The summed E-state index contributed by atoms with van der Waals surface area (Å²) in [6.45, 7) is 3.01. The predicted molar refractivity (Wildman–Crippen MR) is 82.2 cm³/mol. The van der Waals surface area contributed by atoms with Gasteiger partial charge in [0.05, 0.1) is 11.0 Å². The molecule has 120 valence electrons. The molecule has 1 unspecified atom stereocenters. The lowest BCUT2D eigenvalue weighted by Crippen LogP contribution is -2.52. The van der Waals surface area contributed by atoms with Crippen LogP contribution in [-0.4, -0.2) is 23.3 Å². The molecule has 3 aliphatic rings. The lowest BCUT2D eigenvalue weighted by atomic mass is 9.57. The minimum absolute atomic E-state index is 0.0611. The second kappa shape index (κ2) is 5.91. The normalized spacial score (nSPS) is 38.9. The van der Waals surface area contributed by atoms with Crippen molar-refractivity contribution in [2.24, 2.45) is 17.3 Å². The Balaban J connectivity index is 1.71. The molecule has 3 nitrogen and oxygen atoms in total. The number of aliphatic carboxylic acids is 1. The van der Waals surface area contributed by atoms with Gasteiger partial charge in [-0.25, -0.2) is 0 Å². The maximum Gasteiger partial charge on any atom is 0.309 e. The van der Waals surface area contributed by atoms with Crippen LogP contribution in [-0.2, 0) is 9.53 Å². The first-order valence-corrected chi connectivity index (χ1v) is 8.98. The summed E-state index contributed by atoms with van der Waals surface area (Å²) in [5.41, 5.74) is -0.387. The van der Waals surface area contributed by atoms with Crippen molar-refractivity contribution in [2.45, 2.75) is 83.2 Å². The molecule has 0 amide bonds. The van der Waals surface area contributed by atoms with E-state index in [4.69, 9.17) is 4.74 Å². The van der Waals surface area contributed by atoms with E-state index in [1.165, 1.54) is 19.3 Å². The summed E-state index contributed by atoms with van der Waals surface area (Å²) >= 11 is 0. The van der Waals surface area contributed by atoms with Crippen molar-refractivity contribution in [3.05, 3.63) is 0 Å². The molecule has 0 radical (unpaired) electrons. The molecule has 1 heterocycles. The van der Waals surface area contributed by atoms with E-state index in [0.29, 0.717) is 5.92 Å². The van der Waals surface area contributed by atoms with Crippen molar-refractivity contribution in [1.29, 1.82) is 0 Å². The Bertz CT molecular complexity index is 378. The van der Waals surface area contributed by atoms with Crippen molar-refractivity contribution in [3.63, 3.8) is 0 Å². The van der Waals surface area contributed by atoms with Crippen LogP contribution >= 0.6 is 0 Å². The zero-order valence-electron chi connectivity index (χ0n) is 13.4. The summed E-state index contributed by atoms with van der Waals surface area (Å²) in [5.74, 6) is 0.574. The summed E-state index contributed by atoms with van der Waals surface area (Å²) in [7, 11) is 0. The van der Waals surface area contributed by atoms with Gasteiger partial charge in [-0.3, -0.25) is 4.79 Å². The maximum atomic E-state index is 12.1. The van der Waals surface area contributed by atoms with Gasteiger partial charge in [-0.1, -0.05) is 19.8 Å². The fourth-order valence-corrected chi connectivity index (χ4v) is 5.11. The molecule has 1 saturated heterocycles. The molecular formula is C18H30O3. The summed E-state index contributed by atoms with van der Waals surface area (Å²) < 4.78 is 6.01. The van der Waals surface area contributed by atoms with Crippen molar-refractivity contribution in [1.82, 2.24) is 0 Å². The Morgan fingerprint density at radius 1 is 1.19 bits per heavy atom. The van der Waals surface area contributed by atoms with Crippen LogP contribution < -0.4 is 0 Å². The molecule has 1 N–H and O–H groups in total. The van der Waals surface area contributed by atoms with Crippen LogP contribution in [0.3, 0.4) is 0 Å². The Morgan fingerprint density at radius 2 is 1.90 bits per heavy atom. The van der Waals surface area contributed by atoms with Gasteiger partial charge in [0.1, 0.15) is 0 Å². The van der Waals surface area contributed by atoms with E-state index in [9.17, 15) is 9.90 Å². The lowest BCUT2D eigenvalue weighted by molar-refractivity contribution is -0.181. The van der Waals surface area contributed by atoms with E-state index < -0.39 is 11.4 Å². The van der Waals surface area contributed by atoms with Gasteiger partial charge in [0.25, 0.3) is 0 Å². The first kappa shape index (κ1) is 15.3. The molecule has 3 fully saturated rings. The van der Waals surface area contributed by atoms with E-state index >= 15 is 0 Å². The van der Waals surface area contributed by atoms with E-state index in [-0.39, 0.29) is 5.60 Å². The topological polar surface area (TPSA) is 46.5 Å². The molecule has 1 aliphatic heterocycles. The highest BCUT2D eigenvalue weighted by molar-refractivity contribution is 5.75. The van der Waals surface area contributed by atoms with E-state index in [1.54, 1.807) is 0 Å². The average molecular weight is 294 g/mol. The number of carbonyl (C=O) groups is 1. The molecule has 1 atom stereocenters. The summed E-state index contributed by atoms with van der Waals surface area (Å²) in [6, 6.07) is 0. The first-order chi connectivity index (χ1) is 10.1. The van der Waals surface area contributed by atoms with E-state index in [1.807, 2.05) is 0 Å². The SMILES string of the molecule is CCCC1CCC(C(=O)O)(C2CCOC3(CCC3)C2)CC1. The number of carboxylic acid groups (broad SMARTS) is 1. The minimum atomic E-state index is -0.529. The van der Waals surface area contributed by atoms with E-state index in [0.717, 1.165) is 63.9 Å². The molecular weight excluding hydrogens is 264 g/mol. The van der Waals surface area contributed by atoms with Gasteiger partial charge < -0.3 is 9.84 Å². The molecule has 0 aromatic rings.